The summed E-state index contributed by atoms with van der Waals surface area (Å²) in [5.41, 5.74) is 8.00. The van der Waals surface area contributed by atoms with Crippen molar-refractivity contribution in [3.8, 4) is 17.2 Å². The summed E-state index contributed by atoms with van der Waals surface area (Å²) in [5.74, 6) is 1.79. The number of aromatic hydroxyl groups is 2. The normalized spacial score (nSPS) is 10.5. The molecule has 0 aliphatic heterocycles. The lowest BCUT2D eigenvalue weighted by Gasteiger charge is -2.11. The minimum absolute atomic E-state index is 0.363. The molecule has 0 saturated carbocycles. The molecule has 358 valence electrons. The van der Waals surface area contributed by atoms with Crippen molar-refractivity contribution in [2.45, 2.75) is 208 Å². The molecule has 0 bridgehead atoms. The first-order valence-corrected chi connectivity index (χ1v) is 26.2. The Morgan fingerprint density at radius 1 is 0.338 bits per heavy atom. The lowest BCUT2D eigenvalue weighted by molar-refractivity contribution is 0.302. The highest BCUT2D eigenvalue weighted by Crippen LogP contribution is 2.22. The van der Waals surface area contributed by atoms with Gasteiger partial charge in [-0.1, -0.05) is 246 Å². The van der Waals surface area contributed by atoms with Crippen LogP contribution in [-0.4, -0.2) is 10.2 Å². The third-order valence-electron chi connectivity index (χ3n) is 11.9. The Morgan fingerprint density at radius 2 is 0.754 bits per heavy atom. The fraction of sp³-hybridized carbons (Fsp3) is 0.516. The van der Waals surface area contributed by atoms with Gasteiger partial charge in [0.25, 0.3) is 0 Å². The highest BCUT2D eigenvalue weighted by molar-refractivity contribution is 5.34. The van der Waals surface area contributed by atoms with Gasteiger partial charge in [0.05, 0.1) is 0 Å². The molecule has 2 N–H and O–H groups in total. The maximum atomic E-state index is 9.29. The number of phenolic OH excluding ortho intramolecular Hbond substituents is 2. The van der Waals surface area contributed by atoms with Crippen molar-refractivity contribution < 1.29 is 14.9 Å². The molecule has 3 nitrogen and oxygen atoms in total. The van der Waals surface area contributed by atoms with Crippen LogP contribution in [0.25, 0.3) is 0 Å². The van der Waals surface area contributed by atoms with Gasteiger partial charge in [0.15, 0.2) is 0 Å². The van der Waals surface area contributed by atoms with Crippen molar-refractivity contribution in [2.24, 2.45) is 0 Å². The maximum Gasteiger partial charge on any atom is 0.122 e. The van der Waals surface area contributed by atoms with Crippen molar-refractivity contribution in [2.75, 3.05) is 0 Å². The Bertz CT molecular complexity index is 1780. The second-order valence-corrected chi connectivity index (χ2v) is 18.1. The molecular formula is C62H92O3. The van der Waals surface area contributed by atoms with Gasteiger partial charge in [-0.05, 0) is 116 Å². The summed E-state index contributed by atoms with van der Waals surface area (Å²) in [4.78, 5) is 0. The van der Waals surface area contributed by atoms with E-state index >= 15 is 0 Å². The highest BCUT2D eigenvalue weighted by atomic mass is 16.5. The second-order valence-electron chi connectivity index (χ2n) is 18.1. The first-order chi connectivity index (χ1) is 31.9. The molecule has 0 aliphatic carbocycles. The molecule has 0 aromatic heterocycles. The number of hydrogen-bond acceptors (Lipinski definition) is 3. The molecule has 0 aliphatic rings. The van der Waals surface area contributed by atoms with Gasteiger partial charge in [0.2, 0.25) is 0 Å². The van der Waals surface area contributed by atoms with Crippen LogP contribution in [0.2, 0.25) is 0 Å². The molecule has 0 unspecified atom stereocenters. The summed E-state index contributed by atoms with van der Waals surface area (Å²) in [6.45, 7) is 11.8. The molecule has 5 rings (SSSR count). The topological polar surface area (TPSA) is 49.7 Å². The average molecular weight is 885 g/mol. The van der Waals surface area contributed by atoms with Crippen LogP contribution in [0.1, 0.15) is 202 Å². The predicted octanol–water partition coefficient (Wildman–Crippen LogP) is 18.9. The monoisotopic (exact) mass is 885 g/mol. The first-order valence-electron chi connectivity index (χ1n) is 26.2. The Kier molecular flexibility index (Phi) is 34.7. The van der Waals surface area contributed by atoms with Crippen LogP contribution in [0.4, 0.5) is 0 Å². The number of phenols is 2. The predicted molar refractivity (Wildman–Crippen MR) is 284 cm³/mol. The number of aryl methyl sites for hydroxylation is 5. The lowest BCUT2D eigenvalue weighted by atomic mass is 10.0. The minimum atomic E-state index is 0.363. The van der Waals surface area contributed by atoms with E-state index in [1.165, 1.54) is 181 Å². The number of hydrogen-bond donors (Lipinski definition) is 2. The quantitative estimate of drug-likeness (QED) is 0.0471. The van der Waals surface area contributed by atoms with Gasteiger partial charge >= 0.3 is 0 Å². The summed E-state index contributed by atoms with van der Waals surface area (Å²) in [6.07, 6.45) is 34.1. The SMILES string of the molecule is CCCCCCCCc1ccc(O)cc1.CCCCCCCCc1cccc(O)c1.CCCCCCCCc1ccccc1OCc1ccccc1.CCCCCCc1ccc(C)cc1. The lowest BCUT2D eigenvalue weighted by Crippen LogP contribution is -1.98. The van der Waals surface area contributed by atoms with Gasteiger partial charge < -0.3 is 14.9 Å². The molecule has 0 atom stereocenters. The van der Waals surface area contributed by atoms with Crippen LogP contribution in [-0.2, 0) is 32.3 Å². The molecule has 3 heteroatoms. The molecule has 5 aromatic rings. The molecule has 0 fully saturated rings. The zero-order valence-electron chi connectivity index (χ0n) is 42.0. The minimum Gasteiger partial charge on any atom is -0.508 e. The molecule has 0 amide bonds. The van der Waals surface area contributed by atoms with E-state index in [0.29, 0.717) is 18.1 Å². The molecule has 0 heterocycles. The van der Waals surface area contributed by atoms with E-state index in [0.717, 1.165) is 25.0 Å². The highest BCUT2D eigenvalue weighted by Gasteiger charge is 2.04. The summed E-state index contributed by atoms with van der Waals surface area (Å²) < 4.78 is 6.02. The van der Waals surface area contributed by atoms with Crippen molar-refractivity contribution >= 4 is 0 Å². The largest absolute Gasteiger partial charge is 0.508 e. The maximum absolute atomic E-state index is 9.29. The van der Waals surface area contributed by atoms with E-state index in [2.05, 4.69) is 113 Å². The van der Waals surface area contributed by atoms with Crippen molar-refractivity contribution in [1.82, 2.24) is 0 Å². The standard InChI is InChI=1S/C21H28O.2C14H22O.C13H20/c1-2-3-4-5-6-10-15-20-16-11-12-17-21(20)22-18-19-13-8-7-9-14-19;1-2-3-4-5-6-7-9-13-10-8-11-14(15)12-13;1-2-3-4-5-6-7-8-13-9-11-14(15)12-10-13;1-3-4-5-6-7-13-10-8-12(2)9-11-13/h7-9,11-14,16-17H,2-6,10,15,18H2,1H3;8,10-12,15H,2-7,9H2,1H3;9-12,15H,2-8H2,1H3;8-11H,3-7H2,1-2H3. The summed E-state index contributed by atoms with van der Waals surface area (Å²) in [7, 11) is 0. The van der Waals surface area contributed by atoms with Crippen LogP contribution >= 0.6 is 0 Å². The van der Waals surface area contributed by atoms with Crippen molar-refractivity contribution in [3.63, 3.8) is 0 Å². The van der Waals surface area contributed by atoms with E-state index in [4.69, 9.17) is 9.84 Å². The second kappa shape index (κ2) is 39.8. The van der Waals surface area contributed by atoms with E-state index < -0.39 is 0 Å². The zero-order chi connectivity index (χ0) is 46.8. The Morgan fingerprint density at radius 3 is 1.28 bits per heavy atom. The van der Waals surface area contributed by atoms with Gasteiger partial charge in [0, 0.05) is 0 Å². The Balaban J connectivity index is 0.000000305. The third-order valence-corrected chi connectivity index (χ3v) is 11.9. The van der Waals surface area contributed by atoms with Crippen LogP contribution in [0.15, 0.2) is 127 Å². The number of ether oxygens (including phenoxy) is 1. The first kappa shape index (κ1) is 56.6. The van der Waals surface area contributed by atoms with E-state index in [1.54, 1.807) is 18.2 Å². The molecule has 0 radical (unpaired) electrons. The van der Waals surface area contributed by atoms with E-state index in [1.807, 2.05) is 30.3 Å². The Labute approximate surface area is 399 Å². The van der Waals surface area contributed by atoms with Crippen molar-refractivity contribution in [1.29, 1.82) is 0 Å². The van der Waals surface area contributed by atoms with Crippen LogP contribution in [0.3, 0.4) is 0 Å². The van der Waals surface area contributed by atoms with Gasteiger partial charge in [-0.3, -0.25) is 0 Å². The smallest absolute Gasteiger partial charge is 0.122 e. The van der Waals surface area contributed by atoms with Crippen LogP contribution in [0.5, 0.6) is 17.2 Å². The van der Waals surface area contributed by atoms with Gasteiger partial charge in [0.1, 0.15) is 23.9 Å². The molecule has 5 aromatic carbocycles. The van der Waals surface area contributed by atoms with Gasteiger partial charge in [-0.15, -0.1) is 0 Å². The van der Waals surface area contributed by atoms with Crippen LogP contribution in [0, 0.1) is 6.92 Å². The van der Waals surface area contributed by atoms with Gasteiger partial charge in [-0.2, -0.15) is 0 Å². The summed E-state index contributed by atoms with van der Waals surface area (Å²) >= 11 is 0. The van der Waals surface area contributed by atoms with E-state index in [-0.39, 0.29) is 0 Å². The number of rotatable bonds is 29. The van der Waals surface area contributed by atoms with E-state index in [9.17, 15) is 5.11 Å². The molecule has 0 spiro atoms. The fourth-order valence-corrected chi connectivity index (χ4v) is 7.79. The number of para-hydroxylation sites is 1. The summed E-state index contributed by atoms with van der Waals surface area (Å²) in [5, 5.41) is 18.4. The zero-order valence-corrected chi connectivity index (χ0v) is 42.0. The molecular weight excluding hydrogens is 793 g/mol. The Hall–Kier alpha value is -4.50. The van der Waals surface area contributed by atoms with Crippen molar-refractivity contribution in [3.05, 3.63) is 161 Å². The van der Waals surface area contributed by atoms with Crippen LogP contribution < -0.4 is 4.74 Å². The number of benzene rings is 5. The summed E-state index contributed by atoms with van der Waals surface area (Å²) in [6, 6.07) is 42.9. The molecule has 0 saturated heterocycles. The fourth-order valence-electron chi connectivity index (χ4n) is 7.79. The third kappa shape index (κ3) is 31.1. The van der Waals surface area contributed by atoms with Gasteiger partial charge in [-0.25, -0.2) is 0 Å². The molecule has 65 heavy (non-hydrogen) atoms. The average Bonchev–Trinajstić information content (AvgIpc) is 3.33. The number of unbranched alkanes of at least 4 members (excludes halogenated alkanes) is 18.